The zero-order valence-corrected chi connectivity index (χ0v) is 7.28. The molecule has 0 heterocycles. The molecule has 0 saturated carbocycles. The Kier molecular flexibility index (Phi) is 8.81. The summed E-state index contributed by atoms with van der Waals surface area (Å²) < 4.78 is 5.04. The van der Waals surface area contributed by atoms with Gasteiger partial charge in [0.15, 0.2) is 0 Å². The maximum atomic E-state index is 8.83. The van der Waals surface area contributed by atoms with E-state index in [9.17, 15) is 0 Å². The van der Waals surface area contributed by atoms with Gasteiger partial charge in [0, 0.05) is 19.1 Å². The average molecular weight is 178 g/mol. The summed E-state index contributed by atoms with van der Waals surface area (Å²) in [5, 5.41) is 25.7. The molecule has 0 spiro atoms. The third kappa shape index (κ3) is 6.54. The van der Waals surface area contributed by atoms with Crippen molar-refractivity contribution in [2.75, 3.05) is 33.0 Å². The van der Waals surface area contributed by atoms with Crippen LogP contribution >= 0.6 is 0 Å². The molecule has 12 heavy (non-hydrogen) atoms. The zero-order valence-electron chi connectivity index (χ0n) is 7.28. The molecule has 0 amide bonds. The molecule has 0 rings (SSSR count). The largest absolute Gasteiger partial charge is 0.396 e. The minimum Gasteiger partial charge on any atom is -0.396 e. The first-order chi connectivity index (χ1) is 5.85. The molecule has 0 saturated heterocycles. The summed E-state index contributed by atoms with van der Waals surface area (Å²) in [5.74, 6) is 0.0868. The van der Waals surface area contributed by atoms with Crippen LogP contribution < -0.4 is 0 Å². The summed E-state index contributed by atoms with van der Waals surface area (Å²) in [6, 6.07) is 0. The van der Waals surface area contributed by atoms with Crippen LogP contribution in [0.3, 0.4) is 0 Å². The molecule has 0 aliphatic carbocycles. The van der Waals surface area contributed by atoms with Gasteiger partial charge in [-0.2, -0.15) is 0 Å². The van der Waals surface area contributed by atoms with Crippen molar-refractivity contribution in [2.45, 2.75) is 12.8 Å². The molecule has 0 aliphatic rings. The highest BCUT2D eigenvalue weighted by Crippen LogP contribution is 2.05. The second-order valence-electron chi connectivity index (χ2n) is 2.71. The average Bonchev–Trinajstić information content (AvgIpc) is 2.11. The van der Waals surface area contributed by atoms with Gasteiger partial charge < -0.3 is 20.1 Å². The van der Waals surface area contributed by atoms with E-state index in [-0.39, 0.29) is 25.7 Å². The molecule has 0 aromatic heterocycles. The van der Waals surface area contributed by atoms with E-state index in [0.29, 0.717) is 19.6 Å². The molecule has 0 bridgehead atoms. The van der Waals surface area contributed by atoms with Crippen molar-refractivity contribution < 1.29 is 20.1 Å². The molecule has 0 aliphatic heterocycles. The van der Waals surface area contributed by atoms with Crippen LogP contribution in [-0.2, 0) is 4.74 Å². The lowest BCUT2D eigenvalue weighted by atomic mass is 10.1. The molecule has 0 aromatic carbocycles. The lowest BCUT2D eigenvalue weighted by Gasteiger charge is -2.12. The number of hydrogen-bond donors (Lipinski definition) is 3. The third-order valence-electron chi connectivity index (χ3n) is 1.62. The highest BCUT2D eigenvalue weighted by molar-refractivity contribution is 4.55. The van der Waals surface area contributed by atoms with E-state index in [1.54, 1.807) is 0 Å². The Balaban J connectivity index is 3.26. The Morgan fingerprint density at radius 2 is 1.83 bits per heavy atom. The highest BCUT2D eigenvalue weighted by atomic mass is 16.5. The van der Waals surface area contributed by atoms with Crippen molar-refractivity contribution >= 4 is 0 Å². The van der Waals surface area contributed by atoms with E-state index in [2.05, 4.69) is 0 Å². The number of ether oxygens (including phenoxy) is 1. The smallest absolute Gasteiger partial charge is 0.0697 e. The Morgan fingerprint density at radius 1 is 1.08 bits per heavy atom. The quantitative estimate of drug-likeness (QED) is 0.433. The Bertz CT molecular complexity index is 87.1. The van der Waals surface area contributed by atoms with Gasteiger partial charge in [0.25, 0.3) is 0 Å². The molecular formula is C8H18O4. The van der Waals surface area contributed by atoms with E-state index in [1.165, 1.54) is 0 Å². The van der Waals surface area contributed by atoms with Gasteiger partial charge >= 0.3 is 0 Å². The van der Waals surface area contributed by atoms with Crippen LogP contribution in [0.5, 0.6) is 0 Å². The van der Waals surface area contributed by atoms with Gasteiger partial charge in [-0.3, -0.25) is 0 Å². The van der Waals surface area contributed by atoms with Crippen LogP contribution in [0.4, 0.5) is 0 Å². The third-order valence-corrected chi connectivity index (χ3v) is 1.62. The maximum absolute atomic E-state index is 8.83. The normalized spacial score (nSPS) is 13.2. The van der Waals surface area contributed by atoms with E-state index in [1.807, 2.05) is 0 Å². The Hall–Kier alpha value is -0.160. The molecule has 0 aromatic rings. The van der Waals surface area contributed by atoms with Gasteiger partial charge in [-0.1, -0.05) is 0 Å². The Morgan fingerprint density at radius 3 is 2.33 bits per heavy atom. The molecular weight excluding hydrogens is 160 g/mol. The first kappa shape index (κ1) is 11.8. The van der Waals surface area contributed by atoms with E-state index < -0.39 is 0 Å². The van der Waals surface area contributed by atoms with Crippen LogP contribution in [0.25, 0.3) is 0 Å². The van der Waals surface area contributed by atoms with Crippen molar-refractivity contribution in [3.8, 4) is 0 Å². The van der Waals surface area contributed by atoms with Crippen LogP contribution in [0.1, 0.15) is 12.8 Å². The molecule has 0 radical (unpaired) electrons. The van der Waals surface area contributed by atoms with Crippen LogP contribution in [0, 0.1) is 5.92 Å². The molecule has 74 valence electrons. The molecule has 3 N–H and O–H groups in total. The Labute approximate surface area is 72.8 Å². The van der Waals surface area contributed by atoms with Crippen molar-refractivity contribution in [3.63, 3.8) is 0 Å². The fourth-order valence-electron chi connectivity index (χ4n) is 0.922. The van der Waals surface area contributed by atoms with Gasteiger partial charge in [0.05, 0.1) is 19.8 Å². The predicted octanol–water partition coefficient (Wildman–Crippen LogP) is -0.624. The zero-order chi connectivity index (χ0) is 9.23. The SMILES string of the molecule is OCCCC(CO)COCCO. The number of rotatable bonds is 8. The van der Waals surface area contributed by atoms with Crippen LogP contribution in [0.15, 0.2) is 0 Å². The van der Waals surface area contributed by atoms with Gasteiger partial charge in [-0.25, -0.2) is 0 Å². The van der Waals surface area contributed by atoms with Gasteiger partial charge in [0.1, 0.15) is 0 Å². The maximum Gasteiger partial charge on any atom is 0.0697 e. The summed E-state index contributed by atoms with van der Waals surface area (Å²) >= 11 is 0. The van der Waals surface area contributed by atoms with Gasteiger partial charge in [-0.15, -0.1) is 0 Å². The molecule has 1 atom stereocenters. The van der Waals surface area contributed by atoms with Gasteiger partial charge in [0.2, 0.25) is 0 Å². The summed E-state index contributed by atoms with van der Waals surface area (Å²) in [5.41, 5.74) is 0. The monoisotopic (exact) mass is 178 g/mol. The first-order valence-corrected chi connectivity index (χ1v) is 4.25. The minimum absolute atomic E-state index is 0.0121. The van der Waals surface area contributed by atoms with E-state index in [4.69, 9.17) is 20.1 Å². The number of aliphatic hydroxyl groups is 3. The molecule has 4 nitrogen and oxygen atoms in total. The molecule has 4 heteroatoms. The fraction of sp³-hybridized carbons (Fsp3) is 1.00. The highest BCUT2D eigenvalue weighted by Gasteiger charge is 2.06. The second-order valence-corrected chi connectivity index (χ2v) is 2.71. The van der Waals surface area contributed by atoms with Crippen molar-refractivity contribution in [1.29, 1.82) is 0 Å². The van der Waals surface area contributed by atoms with Crippen molar-refractivity contribution in [1.82, 2.24) is 0 Å². The van der Waals surface area contributed by atoms with E-state index in [0.717, 1.165) is 6.42 Å². The van der Waals surface area contributed by atoms with Crippen molar-refractivity contribution in [2.24, 2.45) is 5.92 Å². The number of aliphatic hydroxyl groups excluding tert-OH is 3. The van der Waals surface area contributed by atoms with Crippen LogP contribution in [0.2, 0.25) is 0 Å². The fourth-order valence-corrected chi connectivity index (χ4v) is 0.922. The lowest BCUT2D eigenvalue weighted by Crippen LogP contribution is -2.15. The summed E-state index contributed by atoms with van der Waals surface area (Å²) in [6.45, 7) is 1.01. The van der Waals surface area contributed by atoms with E-state index >= 15 is 0 Å². The standard InChI is InChI=1S/C8H18O4/c9-3-1-2-8(6-11)7-12-5-4-10/h8-11H,1-7H2. The number of hydrogen-bond acceptors (Lipinski definition) is 4. The second kappa shape index (κ2) is 8.93. The minimum atomic E-state index is 0.0121. The summed E-state index contributed by atoms with van der Waals surface area (Å²) in [6.07, 6.45) is 1.45. The summed E-state index contributed by atoms with van der Waals surface area (Å²) in [4.78, 5) is 0. The summed E-state index contributed by atoms with van der Waals surface area (Å²) in [7, 11) is 0. The molecule has 0 fully saturated rings. The predicted molar refractivity (Wildman–Crippen MR) is 44.8 cm³/mol. The van der Waals surface area contributed by atoms with Crippen LogP contribution in [-0.4, -0.2) is 48.4 Å². The molecule has 1 unspecified atom stereocenters. The van der Waals surface area contributed by atoms with Crippen molar-refractivity contribution in [3.05, 3.63) is 0 Å². The lowest BCUT2D eigenvalue weighted by molar-refractivity contribution is 0.0453. The first-order valence-electron chi connectivity index (χ1n) is 4.25. The topological polar surface area (TPSA) is 69.9 Å². The van der Waals surface area contributed by atoms with Gasteiger partial charge in [-0.05, 0) is 12.8 Å².